The van der Waals surface area contributed by atoms with E-state index in [1.807, 2.05) is 19.1 Å². The van der Waals surface area contributed by atoms with Crippen molar-refractivity contribution in [3.05, 3.63) is 49.6 Å². The highest BCUT2D eigenvalue weighted by Gasteiger charge is 2.01. The molecule has 0 amide bonds. The van der Waals surface area contributed by atoms with E-state index in [-0.39, 0.29) is 0 Å². The van der Waals surface area contributed by atoms with Crippen LogP contribution in [-0.4, -0.2) is 0 Å². The van der Waals surface area contributed by atoms with Gasteiger partial charge in [0.15, 0.2) is 0 Å². The summed E-state index contributed by atoms with van der Waals surface area (Å²) >= 11 is 11.3. The number of benzene rings is 1. The smallest absolute Gasteiger partial charge is 0.0701 e. The Morgan fingerprint density at radius 2 is 2.19 bits per heavy atom. The van der Waals surface area contributed by atoms with Crippen LogP contribution in [0.1, 0.15) is 11.1 Å². The van der Waals surface area contributed by atoms with Gasteiger partial charge in [-0.25, -0.2) is 0 Å². The lowest BCUT2D eigenvalue weighted by Gasteiger charge is -2.07. The van der Waals surface area contributed by atoms with Crippen LogP contribution < -0.4 is 5.32 Å². The average Bonchev–Trinajstić information content (AvgIpc) is 2.63. The molecule has 0 atom stereocenters. The van der Waals surface area contributed by atoms with Crippen molar-refractivity contribution in [2.45, 2.75) is 13.5 Å². The van der Waals surface area contributed by atoms with Crippen LogP contribution in [0.2, 0.25) is 5.02 Å². The zero-order valence-corrected chi connectivity index (χ0v) is 11.9. The molecule has 0 bridgehead atoms. The van der Waals surface area contributed by atoms with Gasteiger partial charge < -0.3 is 5.32 Å². The lowest BCUT2D eigenvalue weighted by molar-refractivity contribution is 1.16. The summed E-state index contributed by atoms with van der Waals surface area (Å²) in [6.45, 7) is 2.83. The van der Waals surface area contributed by atoms with E-state index in [9.17, 15) is 0 Å². The Labute approximate surface area is 113 Å². The van der Waals surface area contributed by atoms with Crippen molar-refractivity contribution in [1.29, 1.82) is 0 Å². The molecule has 1 N–H and O–H groups in total. The largest absolute Gasteiger partial charge is 0.380 e. The van der Waals surface area contributed by atoms with Gasteiger partial charge in [-0.2, -0.15) is 0 Å². The molecule has 16 heavy (non-hydrogen) atoms. The van der Waals surface area contributed by atoms with Crippen LogP contribution in [0.15, 0.2) is 33.4 Å². The fraction of sp³-hybridized carbons (Fsp3) is 0.167. The summed E-state index contributed by atoms with van der Waals surface area (Å²) < 4.78 is 1.15. The first kappa shape index (κ1) is 12.0. The molecule has 2 rings (SSSR count). The SMILES string of the molecule is Cc1ccc(NCc2csc(Br)c2)c(Cl)c1. The summed E-state index contributed by atoms with van der Waals surface area (Å²) in [5, 5.41) is 6.22. The third-order valence-electron chi connectivity index (χ3n) is 2.23. The monoisotopic (exact) mass is 315 g/mol. The number of rotatable bonds is 3. The fourth-order valence-corrected chi connectivity index (χ4v) is 2.91. The molecule has 0 saturated carbocycles. The maximum absolute atomic E-state index is 6.13. The standard InChI is InChI=1S/C12H11BrClNS/c1-8-2-3-11(10(14)4-8)15-6-9-5-12(13)16-7-9/h2-5,7,15H,6H2,1H3. The molecule has 4 heteroatoms. The molecule has 1 nitrogen and oxygen atoms in total. The van der Waals surface area contributed by atoms with Gasteiger partial charge in [0.1, 0.15) is 0 Å². The molecule has 2 aromatic rings. The van der Waals surface area contributed by atoms with Crippen molar-refractivity contribution in [2.24, 2.45) is 0 Å². The summed E-state index contributed by atoms with van der Waals surface area (Å²) in [6.07, 6.45) is 0. The molecule has 1 heterocycles. The molecular formula is C12H11BrClNS. The second-order valence-electron chi connectivity index (χ2n) is 3.60. The Morgan fingerprint density at radius 1 is 1.38 bits per heavy atom. The van der Waals surface area contributed by atoms with Gasteiger partial charge in [-0.1, -0.05) is 17.7 Å². The average molecular weight is 317 g/mol. The summed E-state index contributed by atoms with van der Waals surface area (Å²) in [6, 6.07) is 8.14. The number of thiophene rings is 1. The Balaban J connectivity index is 2.04. The maximum Gasteiger partial charge on any atom is 0.0701 e. The first-order valence-electron chi connectivity index (χ1n) is 4.88. The van der Waals surface area contributed by atoms with Crippen LogP contribution >= 0.6 is 38.9 Å². The van der Waals surface area contributed by atoms with Crippen LogP contribution in [-0.2, 0) is 6.54 Å². The third kappa shape index (κ3) is 3.00. The second kappa shape index (κ2) is 5.21. The quantitative estimate of drug-likeness (QED) is 0.832. The van der Waals surface area contributed by atoms with E-state index in [1.54, 1.807) is 11.3 Å². The highest BCUT2D eigenvalue weighted by molar-refractivity contribution is 9.11. The third-order valence-corrected chi connectivity index (χ3v) is 4.10. The lowest BCUT2D eigenvalue weighted by Crippen LogP contribution is -1.98. The molecular weight excluding hydrogens is 306 g/mol. The van der Waals surface area contributed by atoms with Gasteiger partial charge in [0, 0.05) is 6.54 Å². The Kier molecular flexibility index (Phi) is 3.90. The molecule has 1 aromatic heterocycles. The van der Waals surface area contributed by atoms with E-state index < -0.39 is 0 Å². The second-order valence-corrected chi connectivity index (χ2v) is 6.29. The van der Waals surface area contributed by atoms with Gasteiger partial charge >= 0.3 is 0 Å². The minimum absolute atomic E-state index is 0.772. The summed E-state index contributed by atoms with van der Waals surface area (Å²) in [5.74, 6) is 0. The van der Waals surface area contributed by atoms with Crippen LogP contribution in [0, 0.1) is 6.92 Å². The molecule has 0 saturated heterocycles. The molecule has 1 aromatic carbocycles. The summed E-state index contributed by atoms with van der Waals surface area (Å²) in [5.41, 5.74) is 3.41. The van der Waals surface area contributed by atoms with Gasteiger partial charge in [-0.15, -0.1) is 11.3 Å². The lowest BCUT2D eigenvalue weighted by atomic mass is 10.2. The van der Waals surface area contributed by atoms with Gasteiger partial charge in [-0.05, 0) is 57.6 Å². The number of halogens is 2. The number of anilines is 1. The van der Waals surface area contributed by atoms with Crippen molar-refractivity contribution in [3.63, 3.8) is 0 Å². The molecule has 0 spiro atoms. The Hall–Kier alpha value is -0.510. The first-order chi connectivity index (χ1) is 7.65. The molecule has 84 valence electrons. The number of hydrogen-bond donors (Lipinski definition) is 1. The Morgan fingerprint density at radius 3 is 2.81 bits per heavy atom. The maximum atomic E-state index is 6.13. The highest BCUT2D eigenvalue weighted by atomic mass is 79.9. The van der Waals surface area contributed by atoms with Crippen LogP contribution in [0.4, 0.5) is 5.69 Å². The van der Waals surface area contributed by atoms with E-state index >= 15 is 0 Å². The van der Waals surface area contributed by atoms with Gasteiger partial charge in [0.25, 0.3) is 0 Å². The normalized spacial score (nSPS) is 10.4. The van der Waals surface area contributed by atoms with Gasteiger partial charge in [0.05, 0.1) is 14.5 Å². The topological polar surface area (TPSA) is 12.0 Å². The molecule has 0 fully saturated rings. The fourth-order valence-electron chi connectivity index (χ4n) is 1.40. The van der Waals surface area contributed by atoms with Gasteiger partial charge in [-0.3, -0.25) is 0 Å². The Bertz CT molecular complexity index is 496. The zero-order valence-electron chi connectivity index (χ0n) is 8.76. The number of aryl methyl sites for hydroxylation is 1. The molecule has 0 aliphatic heterocycles. The van der Waals surface area contributed by atoms with Crippen LogP contribution in [0.25, 0.3) is 0 Å². The summed E-state index contributed by atoms with van der Waals surface area (Å²) in [7, 11) is 0. The van der Waals surface area contributed by atoms with Crippen molar-refractivity contribution >= 4 is 44.6 Å². The molecule has 0 aliphatic carbocycles. The van der Waals surface area contributed by atoms with Crippen LogP contribution in [0.3, 0.4) is 0 Å². The van der Waals surface area contributed by atoms with Gasteiger partial charge in [0.2, 0.25) is 0 Å². The molecule has 0 unspecified atom stereocenters. The van der Waals surface area contributed by atoms with E-state index in [1.165, 1.54) is 11.1 Å². The minimum atomic E-state index is 0.772. The van der Waals surface area contributed by atoms with Crippen molar-refractivity contribution in [2.75, 3.05) is 5.32 Å². The number of nitrogens with one attached hydrogen (secondary N) is 1. The predicted molar refractivity (Wildman–Crippen MR) is 75.5 cm³/mol. The van der Waals surface area contributed by atoms with Crippen molar-refractivity contribution < 1.29 is 0 Å². The van der Waals surface area contributed by atoms with Crippen LogP contribution in [0.5, 0.6) is 0 Å². The summed E-state index contributed by atoms with van der Waals surface area (Å²) in [4.78, 5) is 0. The van der Waals surface area contributed by atoms with E-state index in [0.29, 0.717) is 0 Å². The van der Waals surface area contributed by atoms with E-state index in [0.717, 1.165) is 21.0 Å². The van der Waals surface area contributed by atoms with Crippen molar-refractivity contribution in [3.8, 4) is 0 Å². The van der Waals surface area contributed by atoms with Crippen molar-refractivity contribution in [1.82, 2.24) is 0 Å². The molecule has 0 aliphatic rings. The highest BCUT2D eigenvalue weighted by Crippen LogP contribution is 2.25. The first-order valence-corrected chi connectivity index (χ1v) is 6.93. The minimum Gasteiger partial charge on any atom is -0.380 e. The number of hydrogen-bond acceptors (Lipinski definition) is 2. The predicted octanol–water partition coefficient (Wildman–Crippen LogP) is 5.08. The zero-order chi connectivity index (χ0) is 11.5. The van der Waals surface area contributed by atoms with E-state index in [2.05, 4.69) is 38.8 Å². The molecule has 0 radical (unpaired) electrons. The van der Waals surface area contributed by atoms with E-state index in [4.69, 9.17) is 11.6 Å².